The summed E-state index contributed by atoms with van der Waals surface area (Å²) in [6.07, 6.45) is 1.25. The quantitative estimate of drug-likeness (QED) is 0.832. The molecule has 0 amide bonds. The van der Waals surface area contributed by atoms with E-state index in [-0.39, 0.29) is 0 Å². The number of nitrogens with one attached hydrogen (secondary N) is 1. The summed E-state index contributed by atoms with van der Waals surface area (Å²) in [5.74, 6) is 0. The minimum Gasteiger partial charge on any atom is -0.370 e. The maximum absolute atomic E-state index is 6.21. The molecule has 1 aromatic carbocycles. The van der Waals surface area contributed by atoms with E-state index < -0.39 is 0 Å². The van der Waals surface area contributed by atoms with Crippen LogP contribution in [0, 0.1) is 5.41 Å². The zero-order valence-corrected chi connectivity index (χ0v) is 10.5. The van der Waals surface area contributed by atoms with Crippen LogP contribution in [0.5, 0.6) is 0 Å². The first-order chi connectivity index (χ1) is 7.69. The number of halogens is 2. The molecule has 2 nitrogen and oxygen atoms in total. The van der Waals surface area contributed by atoms with Crippen LogP contribution in [0.4, 0.5) is 5.69 Å². The summed E-state index contributed by atoms with van der Waals surface area (Å²) in [4.78, 5) is 2.36. The fraction of sp³-hybridized carbons (Fsp3) is 0.500. The Morgan fingerprint density at radius 2 is 2.06 bits per heavy atom. The molecular formula is C12H14Cl2N2. The van der Waals surface area contributed by atoms with Gasteiger partial charge < -0.3 is 10.2 Å². The Morgan fingerprint density at radius 3 is 2.69 bits per heavy atom. The van der Waals surface area contributed by atoms with Gasteiger partial charge in [0, 0.05) is 36.6 Å². The van der Waals surface area contributed by atoms with Gasteiger partial charge in [0.25, 0.3) is 0 Å². The van der Waals surface area contributed by atoms with E-state index in [2.05, 4.69) is 10.2 Å². The van der Waals surface area contributed by atoms with Crippen LogP contribution in [0.15, 0.2) is 18.2 Å². The first-order valence-corrected chi connectivity index (χ1v) is 6.35. The van der Waals surface area contributed by atoms with Crippen molar-refractivity contribution < 1.29 is 0 Å². The summed E-state index contributed by atoms with van der Waals surface area (Å²) in [5, 5.41) is 4.91. The molecule has 2 aliphatic rings. The maximum atomic E-state index is 6.21. The van der Waals surface area contributed by atoms with Crippen LogP contribution < -0.4 is 10.2 Å². The molecule has 16 heavy (non-hydrogen) atoms. The van der Waals surface area contributed by atoms with Gasteiger partial charge in [-0.25, -0.2) is 0 Å². The fourth-order valence-electron chi connectivity index (χ4n) is 2.64. The molecule has 0 radical (unpaired) electrons. The minimum atomic E-state index is 0.492. The Balaban J connectivity index is 1.85. The lowest BCUT2D eigenvalue weighted by Crippen LogP contribution is -2.54. The van der Waals surface area contributed by atoms with Crippen molar-refractivity contribution in [2.45, 2.75) is 6.42 Å². The van der Waals surface area contributed by atoms with Crippen LogP contribution >= 0.6 is 23.2 Å². The molecule has 86 valence electrons. The highest BCUT2D eigenvalue weighted by Crippen LogP contribution is 2.39. The molecule has 4 heteroatoms. The predicted molar refractivity (Wildman–Crippen MR) is 68.6 cm³/mol. The van der Waals surface area contributed by atoms with Crippen molar-refractivity contribution in [3.8, 4) is 0 Å². The fourth-order valence-corrected chi connectivity index (χ4v) is 3.04. The van der Waals surface area contributed by atoms with Crippen LogP contribution in [0.25, 0.3) is 0 Å². The van der Waals surface area contributed by atoms with E-state index in [9.17, 15) is 0 Å². The second-order valence-electron chi connectivity index (χ2n) is 4.87. The highest BCUT2D eigenvalue weighted by Gasteiger charge is 2.43. The van der Waals surface area contributed by atoms with E-state index in [4.69, 9.17) is 23.2 Å². The van der Waals surface area contributed by atoms with Gasteiger partial charge in [0.1, 0.15) is 0 Å². The smallest absolute Gasteiger partial charge is 0.0640 e. The molecule has 0 unspecified atom stereocenters. The Hall–Kier alpha value is -0.440. The number of nitrogens with zero attached hydrogens (tertiary/aromatic N) is 1. The first-order valence-electron chi connectivity index (χ1n) is 5.59. The molecular weight excluding hydrogens is 243 g/mol. The van der Waals surface area contributed by atoms with Crippen molar-refractivity contribution in [3.63, 3.8) is 0 Å². The third kappa shape index (κ3) is 1.69. The summed E-state index contributed by atoms with van der Waals surface area (Å²) in [5.41, 5.74) is 1.57. The molecule has 0 atom stereocenters. The number of benzene rings is 1. The highest BCUT2D eigenvalue weighted by molar-refractivity contribution is 6.35. The molecule has 0 aromatic heterocycles. The molecule has 2 aliphatic heterocycles. The lowest BCUT2D eigenvalue weighted by molar-refractivity contribution is 0.200. The normalized spacial score (nSPS) is 22.5. The predicted octanol–water partition coefficient (Wildman–Crippen LogP) is 2.79. The van der Waals surface area contributed by atoms with E-state index in [0.29, 0.717) is 5.41 Å². The van der Waals surface area contributed by atoms with Gasteiger partial charge in [-0.15, -0.1) is 0 Å². The lowest BCUT2D eigenvalue weighted by Gasteiger charge is -2.39. The molecule has 1 spiro atoms. The average molecular weight is 257 g/mol. The minimum absolute atomic E-state index is 0.492. The molecule has 1 aromatic rings. The number of hydrogen-bond donors (Lipinski definition) is 1. The van der Waals surface area contributed by atoms with E-state index in [1.54, 1.807) is 0 Å². The summed E-state index contributed by atoms with van der Waals surface area (Å²) in [6, 6.07) is 5.68. The molecule has 2 saturated heterocycles. The summed E-state index contributed by atoms with van der Waals surface area (Å²) in [6.45, 7) is 4.46. The van der Waals surface area contributed by atoms with Gasteiger partial charge in [-0.3, -0.25) is 0 Å². The Bertz CT molecular complexity index is 415. The van der Waals surface area contributed by atoms with E-state index in [1.165, 1.54) is 6.42 Å². The van der Waals surface area contributed by atoms with Gasteiger partial charge >= 0.3 is 0 Å². The molecule has 0 saturated carbocycles. The van der Waals surface area contributed by atoms with Gasteiger partial charge in [-0.2, -0.15) is 0 Å². The van der Waals surface area contributed by atoms with Gasteiger partial charge in [-0.05, 0) is 24.6 Å². The second-order valence-corrected chi connectivity index (χ2v) is 5.71. The van der Waals surface area contributed by atoms with Gasteiger partial charge in [0.05, 0.1) is 10.7 Å². The number of rotatable bonds is 1. The zero-order valence-electron chi connectivity index (χ0n) is 8.97. The monoisotopic (exact) mass is 256 g/mol. The summed E-state index contributed by atoms with van der Waals surface area (Å²) < 4.78 is 0. The third-order valence-corrected chi connectivity index (χ3v) is 4.24. The van der Waals surface area contributed by atoms with Gasteiger partial charge in [-0.1, -0.05) is 23.2 Å². The Kier molecular flexibility index (Phi) is 2.54. The van der Waals surface area contributed by atoms with Gasteiger partial charge in [0.2, 0.25) is 0 Å². The van der Waals surface area contributed by atoms with E-state index in [1.807, 2.05) is 18.2 Å². The second kappa shape index (κ2) is 3.80. The Morgan fingerprint density at radius 1 is 1.25 bits per heavy atom. The van der Waals surface area contributed by atoms with Crippen molar-refractivity contribution in [1.29, 1.82) is 0 Å². The number of hydrogen-bond acceptors (Lipinski definition) is 2. The van der Waals surface area contributed by atoms with Gasteiger partial charge in [0.15, 0.2) is 0 Å². The number of anilines is 1. The van der Waals surface area contributed by atoms with Crippen molar-refractivity contribution in [3.05, 3.63) is 28.2 Å². The standard InChI is InChI=1S/C12H14Cl2N2/c13-9-1-2-10(14)11(5-9)16-4-3-12(8-16)6-15-7-12/h1-2,5,15H,3-4,6-8H2. The molecule has 0 aliphatic carbocycles. The van der Waals surface area contributed by atoms with Crippen molar-refractivity contribution >= 4 is 28.9 Å². The van der Waals surface area contributed by atoms with Crippen LogP contribution in [-0.2, 0) is 0 Å². The zero-order chi connectivity index (χ0) is 11.2. The summed E-state index contributed by atoms with van der Waals surface area (Å²) in [7, 11) is 0. The SMILES string of the molecule is Clc1ccc(Cl)c(N2CCC3(CNC3)C2)c1. The van der Waals surface area contributed by atoms with Crippen LogP contribution in [-0.4, -0.2) is 26.2 Å². The van der Waals surface area contributed by atoms with Crippen molar-refractivity contribution in [2.75, 3.05) is 31.1 Å². The highest BCUT2D eigenvalue weighted by atomic mass is 35.5. The summed E-state index contributed by atoms with van der Waals surface area (Å²) >= 11 is 12.2. The molecule has 2 heterocycles. The van der Waals surface area contributed by atoms with Crippen molar-refractivity contribution in [1.82, 2.24) is 5.32 Å². The van der Waals surface area contributed by atoms with Crippen LogP contribution in [0.1, 0.15) is 6.42 Å². The lowest BCUT2D eigenvalue weighted by atomic mass is 9.81. The molecule has 0 bridgehead atoms. The maximum Gasteiger partial charge on any atom is 0.0640 e. The van der Waals surface area contributed by atoms with E-state index >= 15 is 0 Å². The average Bonchev–Trinajstić information content (AvgIpc) is 2.66. The van der Waals surface area contributed by atoms with Crippen molar-refractivity contribution in [2.24, 2.45) is 5.41 Å². The van der Waals surface area contributed by atoms with E-state index in [0.717, 1.165) is 41.9 Å². The molecule has 3 rings (SSSR count). The Labute approximate surface area is 106 Å². The molecule has 1 N–H and O–H groups in total. The third-order valence-electron chi connectivity index (χ3n) is 3.69. The first kappa shape index (κ1) is 10.7. The van der Waals surface area contributed by atoms with Crippen LogP contribution in [0.2, 0.25) is 10.0 Å². The largest absolute Gasteiger partial charge is 0.370 e. The van der Waals surface area contributed by atoms with Crippen LogP contribution in [0.3, 0.4) is 0 Å². The topological polar surface area (TPSA) is 15.3 Å². The molecule has 2 fully saturated rings.